The monoisotopic (exact) mass is 1230 g/mol. The van der Waals surface area contributed by atoms with E-state index in [4.69, 9.17) is 29.2 Å². The van der Waals surface area contributed by atoms with Crippen LogP contribution in [0.5, 0.6) is 17.2 Å². The van der Waals surface area contributed by atoms with Crippen molar-refractivity contribution in [2.45, 2.75) is 197 Å². The second-order valence-electron chi connectivity index (χ2n) is 22.1. The molecule has 21 heteroatoms. The molecular weight excluding hydrogens is 1120 g/mol. The molecule has 0 unspecified atom stereocenters. The number of benzene rings is 3. The topological polar surface area (TPSA) is 215 Å². The first-order chi connectivity index (χ1) is 40.4. The number of rotatable bonds is 48. The van der Waals surface area contributed by atoms with Crippen LogP contribution in [0.2, 0.25) is 0 Å². The van der Waals surface area contributed by atoms with Gasteiger partial charge in [-0.05, 0) is 106 Å². The number of hydrogen-bond donors (Lipinski definition) is 3. The maximum absolute atomic E-state index is 13.7. The first-order valence-corrected chi connectivity index (χ1v) is 36.4. The van der Waals surface area contributed by atoms with Gasteiger partial charge in [-0.2, -0.15) is 27.9 Å². The first kappa shape index (κ1) is 71.7. The van der Waals surface area contributed by atoms with E-state index in [1.165, 1.54) is 15.0 Å². The fraction of sp³-hybridized carbons (Fsp3) is 0.667. The van der Waals surface area contributed by atoms with Crippen molar-refractivity contribution in [2.75, 3.05) is 92.3 Å². The molecule has 1 aromatic heterocycles. The Morgan fingerprint density at radius 1 is 0.345 bits per heavy atom. The Morgan fingerprint density at radius 2 is 0.667 bits per heavy atom. The fourth-order valence-corrected chi connectivity index (χ4v) is 14.6. The zero-order valence-electron chi connectivity index (χ0n) is 52.6. The van der Waals surface area contributed by atoms with Crippen molar-refractivity contribution >= 4 is 65.0 Å². The van der Waals surface area contributed by atoms with E-state index >= 15 is 0 Å². The highest BCUT2D eigenvalue weighted by Crippen LogP contribution is 2.33. The van der Waals surface area contributed by atoms with E-state index in [1.54, 1.807) is 22.5 Å². The molecule has 3 N–H and O–H groups in total. The van der Waals surface area contributed by atoms with E-state index in [0.29, 0.717) is 86.8 Å². The first-order valence-electron chi connectivity index (χ1n) is 31.6. The van der Waals surface area contributed by atoms with Crippen LogP contribution in [0.1, 0.15) is 193 Å². The van der Waals surface area contributed by atoms with Gasteiger partial charge < -0.3 is 30.2 Å². The molecule has 4 rings (SSSR count). The standard InChI is InChI=1S/C63H105N9O9S3/c1-10-16-19-22-25-28-46-82(73,74)70(37-13-4)40-43-79-58-36-35-57(51-60(58)81-45-42-72(39-15-6)84(77,78)48-30-27-24-21-18-12-3)66-63-68-61(64-55-33-31-52(7)54(9)49-55)67-62(69-63)65-56-34-32-53(8)59(50-56)80-44-41-71(38-14-5)83(75,76)47-29-26-23-20-17-11-2/h31-36,49-51H,10-30,37-48H2,1-9H3,(H3,64,65,66,67,68,69). The van der Waals surface area contributed by atoms with Crippen molar-refractivity contribution in [3.8, 4) is 17.2 Å². The number of aryl methyl sites for hydroxylation is 3. The summed E-state index contributed by atoms with van der Waals surface area (Å²) in [5, 5.41) is 10.0. The predicted molar refractivity (Wildman–Crippen MR) is 347 cm³/mol. The van der Waals surface area contributed by atoms with Gasteiger partial charge in [0.05, 0.1) is 17.3 Å². The molecule has 3 aromatic carbocycles. The van der Waals surface area contributed by atoms with Gasteiger partial charge in [0.25, 0.3) is 0 Å². The van der Waals surface area contributed by atoms with E-state index in [1.807, 2.05) is 77.9 Å². The van der Waals surface area contributed by atoms with Crippen molar-refractivity contribution in [1.29, 1.82) is 0 Å². The highest BCUT2D eigenvalue weighted by atomic mass is 32.2. The Hall–Kier alpha value is -4.80. The second-order valence-corrected chi connectivity index (χ2v) is 28.4. The highest BCUT2D eigenvalue weighted by Gasteiger charge is 2.25. The molecule has 0 saturated carbocycles. The largest absolute Gasteiger partial charge is 0.492 e. The smallest absolute Gasteiger partial charge is 0.233 e. The van der Waals surface area contributed by atoms with Crippen molar-refractivity contribution in [3.05, 3.63) is 71.3 Å². The van der Waals surface area contributed by atoms with Crippen LogP contribution in [0.25, 0.3) is 0 Å². The number of anilines is 6. The van der Waals surface area contributed by atoms with Gasteiger partial charge in [-0.25, -0.2) is 25.3 Å². The lowest BCUT2D eigenvalue weighted by atomic mass is 10.1. The van der Waals surface area contributed by atoms with Gasteiger partial charge >= 0.3 is 0 Å². The summed E-state index contributed by atoms with van der Waals surface area (Å²) in [6.45, 7) is 20.4. The molecule has 0 amide bonds. The van der Waals surface area contributed by atoms with Crippen LogP contribution >= 0.6 is 0 Å². The van der Waals surface area contributed by atoms with Crippen molar-refractivity contribution in [2.24, 2.45) is 0 Å². The van der Waals surface area contributed by atoms with Gasteiger partial charge in [0.15, 0.2) is 11.5 Å². The molecular formula is C63H105N9O9S3. The third-order valence-electron chi connectivity index (χ3n) is 14.7. The minimum atomic E-state index is -3.55. The van der Waals surface area contributed by atoms with Gasteiger partial charge in [0, 0.05) is 68.5 Å². The molecule has 0 saturated heterocycles. The summed E-state index contributed by atoms with van der Waals surface area (Å²) < 4.78 is 105. The fourth-order valence-electron chi connectivity index (χ4n) is 9.67. The van der Waals surface area contributed by atoms with Crippen LogP contribution in [-0.4, -0.2) is 129 Å². The zero-order valence-corrected chi connectivity index (χ0v) is 55.1. The maximum Gasteiger partial charge on any atom is 0.233 e. The molecule has 0 aliphatic carbocycles. The summed E-state index contributed by atoms with van der Waals surface area (Å²) in [4.78, 5) is 14.4. The van der Waals surface area contributed by atoms with Gasteiger partial charge in [-0.3, -0.25) is 0 Å². The Kier molecular flexibility index (Phi) is 33.4. The van der Waals surface area contributed by atoms with Crippen LogP contribution in [-0.2, 0) is 30.1 Å². The molecule has 0 atom stereocenters. The molecule has 84 heavy (non-hydrogen) atoms. The number of ether oxygens (including phenoxy) is 3. The maximum atomic E-state index is 13.7. The summed E-state index contributed by atoms with van der Waals surface area (Å²) in [5.41, 5.74) is 5.02. The van der Waals surface area contributed by atoms with Crippen molar-refractivity contribution in [1.82, 2.24) is 27.9 Å². The summed E-state index contributed by atoms with van der Waals surface area (Å²) in [6.07, 6.45) is 19.8. The summed E-state index contributed by atoms with van der Waals surface area (Å²) >= 11 is 0. The number of hydrogen-bond acceptors (Lipinski definition) is 15. The summed E-state index contributed by atoms with van der Waals surface area (Å²) in [5.74, 6) is 2.21. The van der Waals surface area contributed by atoms with Gasteiger partial charge in [-0.15, -0.1) is 0 Å². The van der Waals surface area contributed by atoms with E-state index in [0.717, 1.165) is 112 Å². The molecule has 0 aliphatic heterocycles. The zero-order chi connectivity index (χ0) is 61.2. The van der Waals surface area contributed by atoms with Gasteiger partial charge in [0.1, 0.15) is 25.6 Å². The Bertz CT molecular complexity index is 2860. The highest BCUT2D eigenvalue weighted by molar-refractivity contribution is 7.89. The molecule has 0 bridgehead atoms. The third kappa shape index (κ3) is 26.4. The molecule has 0 radical (unpaired) electrons. The lowest BCUT2D eigenvalue weighted by molar-refractivity contribution is 0.236. The lowest BCUT2D eigenvalue weighted by Gasteiger charge is -2.23. The predicted octanol–water partition coefficient (Wildman–Crippen LogP) is 14.4. The van der Waals surface area contributed by atoms with Crippen molar-refractivity contribution in [3.63, 3.8) is 0 Å². The van der Waals surface area contributed by atoms with Crippen LogP contribution in [0.15, 0.2) is 54.6 Å². The Labute approximate surface area is 507 Å². The molecule has 0 aliphatic rings. The van der Waals surface area contributed by atoms with Gasteiger partial charge in [-0.1, -0.05) is 150 Å². The quantitative estimate of drug-likeness (QED) is 0.0351. The summed E-state index contributed by atoms with van der Waals surface area (Å²) in [7, 11) is -10.5. The number of nitrogens with zero attached hydrogens (tertiary/aromatic N) is 6. The summed E-state index contributed by atoms with van der Waals surface area (Å²) in [6, 6.07) is 16.9. The molecule has 0 spiro atoms. The number of aromatic nitrogens is 3. The van der Waals surface area contributed by atoms with Crippen LogP contribution in [0.3, 0.4) is 0 Å². The number of sulfonamides is 3. The molecule has 4 aromatic rings. The van der Waals surface area contributed by atoms with E-state index in [-0.39, 0.29) is 74.6 Å². The molecule has 18 nitrogen and oxygen atoms in total. The molecule has 474 valence electrons. The Morgan fingerprint density at radius 3 is 1.05 bits per heavy atom. The average molecular weight is 1230 g/mol. The Balaban J connectivity index is 1.62. The van der Waals surface area contributed by atoms with Gasteiger partial charge in [0.2, 0.25) is 47.9 Å². The lowest BCUT2D eigenvalue weighted by Crippen LogP contribution is -2.37. The molecule has 1 heterocycles. The molecule has 0 fully saturated rings. The van der Waals surface area contributed by atoms with Crippen LogP contribution in [0, 0.1) is 20.8 Å². The van der Waals surface area contributed by atoms with Crippen LogP contribution < -0.4 is 30.2 Å². The van der Waals surface area contributed by atoms with E-state index < -0.39 is 30.1 Å². The number of unbranched alkanes of at least 4 members (excludes halogenated alkanes) is 15. The minimum Gasteiger partial charge on any atom is -0.492 e. The minimum absolute atomic E-state index is 0.0333. The van der Waals surface area contributed by atoms with E-state index in [9.17, 15) is 25.3 Å². The average Bonchev–Trinajstić information content (AvgIpc) is 3.66. The second kappa shape index (κ2) is 39.1. The van der Waals surface area contributed by atoms with E-state index in [2.05, 4.69) is 36.7 Å². The third-order valence-corrected chi connectivity index (χ3v) is 20.6. The van der Waals surface area contributed by atoms with Crippen molar-refractivity contribution < 1.29 is 39.5 Å². The normalized spacial score (nSPS) is 12.1. The number of nitrogens with one attached hydrogen (secondary N) is 3. The SMILES string of the molecule is CCCCCCCCS(=O)(=O)N(CCC)CCOc1cc(Nc2nc(Nc3ccc(C)c(C)c3)nc(Nc3ccc(OCCN(CCC)S(=O)(=O)CCCCCCCC)c(OCCN(CCC)S(=O)(=O)CCCCCCCC)c3)n2)ccc1C. The van der Waals surface area contributed by atoms with Crippen LogP contribution in [0.4, 0.5) is 34.9 Å².